The fraction of sp³-hybridized carbons (Fsp3) is 0.594. The lowest BCUT2D eigenvalue weighted by Crippen LogP contribution is -2.65. The monoisotopic (exact) mass is 634 g/mol. The van der Waals surface area contributed by atoms with E-state index in [1.807, 2.05) is 12.1 Å². The zero-order chi connectivity index (χ0) is 31.8. The van der Waals surface area contributed by atoms with Gasteiger partial charge in [-0.1, -0.05) is 32.9 Å². The zero-order valence-corrected chi connectivity index (χ0v) is 29.2. The van der Waals surface area contributed by atoms with Gasteiger partial charge in [0.1, 0.15) is 23.7 Å². The average molecular weight is 635 g/mol. The first-order valence-electron chi connectivity index (χ1n) is 15.1. The molecule has 0 saturated carbocycles. The number of halogens is 2. The highest BCUT2D eigenvalue weighted by atomic mass is 28.4. The standard InChI is InChI=1S/C32H48F2N2O5Si2/c1-31(2,3)43(8,9)40-27-19-35-17-16-32(27,41-42(5,6)7)21-39-26-18-25(33)29(34)30-24(26)14-15-28(37)36(30)20-22-10-12-23(38-4)13-11-22/h10-13,18,27,35H,14-17,19-21H2,1-9H3. The van der Waals surface area contributed by atoms with Gasteiger partial charge < -0.3 is 28.5 Å². The minimum absolute atomic E-state index is 0.00472. The van der Waals surface area contributed by atoms with Crippen LogP contribution in [0, 0.1) is 11.6 Å². The van der Waals surface area contributed by atoms with E-state index in [4.69, 9.17) is 18.3 Å². The minimum Gasteiger partial charge on any atom is -0.497 e. The van der Waals surface area contributed by atoms with Gasteiger partial charge in [0.05, 0.1) is 25.4 Å². The predicted octanol–water partition coefficient (Wildman–Crippen LogP) is 6.81. The Bertz CT molecular complexity index is 1310. The normalized spacial score (nSPS) is 21.5. The molecule has 0 spiro atoms. The largest absolute Gasteiger partial charge is 0.497 e. The van der Waals surface area contributed by atoms with Crippen LogP contribution in [0.25, 0.3) is 0 Å². The number of hydrogen-bond donors (Lipinski definition) is 1. The number of piperidine rings is 1. The topological polar surface area (TPSA) is 69.3 Å². The second-order valence-corrected chi connectivity index (χ2v) is 23.4. The van der Waals surface area contributed by atoms with E-state index in [0.717, 1.165) is 18.2 Å². The molecule has 2 atom stereocenters. The Balaban J connectivity index is 1.69. The molecule has 2 unspecified atom stereocenters. The Hall–Kier alpha value is -2.32. The van der Waals surface area contributed by atoms with Crippen molar-refractivity contribution < 1.29 is 31.9 Å². The second kappa shape index (κ2) is 12.6. The molecule has 0 aliphatic carbocycles. The van der Waals surface area contributed by atoms with Crippen LogP contribution in [0.2, 0.25) is 37.8 Å². The summed E-state index contributed by atoms with van der Waals surface area (Å²) in [6, 6.07) is 8.29. The number of methoxy groups -OCH3 is 1. The number of benzene rings is 2. The Kier molecular flexibility index (Phi) is 9.83. The Morgan fingerprint density at radius 2 is 1.74 bits per heavy atom. The first-order chi connectivity index (χ1) is 20.0. The fourth-order valence-electron chi connectivity index (χ4n) is 5.53. The lowest BCUT2D eigenvalue weighted by Gasteiger charge is -2.51. The van der Waals surface area contributed by atoms with Crippen LogP contribution in [0.15, 0.2) is 30.3 Å². The van der Waals surface area contributed by atoms with Crippen LogP contribution in [0.3, 0.4) is 0 Å². The van der Waals surface area contributed by atoms with Gasteiger partial charge in [0.25, 0.3) is 0 Å². The van der Waals surface area contributed by atoms with Gasteiger partial charge in [-0.2, -0.15) is 0 Å². The lowest BCUT2D eigenvalue weighted by atomic mass is 9.90. The van der Waals surface area contributed by atoms with Crippen LogP contribution < -0.4 is 19.7 Å². The molecule has 43 heavy (non-hydrogen) atoms. The first kappa shape index (κ1) is 33.6. The van der Waals surface area contributed by atoms with Gasteiger partial charge in [0.2, 0.25) is 5.91 Å². The molecule has 2 aromatic rings. The lowest BCUT2D eigenvalue weighted by molar-refractivity contribution is -0.119. The number of anilines is 1. The molecule has 2 aromatic carbocycles. The Morgan fingerprint density at radius 1 is 1.07 bits per heavy atom. The van der Waals surface area contributed by atoms with Gasteiger partial charge >= 0.3 is 0 Å². The smallest absolute Gasteiger partial charge is 0.227 e. The molecule has 7 nitrogen and oxygen atoms in total. The van der Waals surface area contributed by atoms with E-state index < -0.39 is 33.9 Å². The second-order valence-electron chi connectivity index (χ2n) is 14.2. The molecule has 2 aliphatic rings. The minimum atomic E-state index is -2.19. The SMILES string of the molecule is COc1ccc(CN2C(=O)CCc3c(OCC4(O[Si](C)(C)C)CCNCC4O[Si](C)(C)C(C)(C)C)cc(F)c(F)c32)cc1. The van der Waals surface area contributed by atoms with Crippen molar-refractivity contribution in [1.29, 1.82) is 0 Å². The summed E-state index contributed by atoms with van der Waals surface area (Å²) in [5.41, 5.74) is 0.444. The van der Waals surface area contributed by atoms with Crippen molar-refractivity contribution in [2.75, 3.05) is 31.7 Å². The molecule has 2 heterocycles. The van der Waals surface area contributed by atoms with Crippen LogP contribution in [0.4, 0.5) is 14.5 Å². The molecule has 1 saturated heterocycles. The third-order valence-corrected chi connectivity index (χ3v) is 14.3. The summed E-state index contributed by atoms with van der Waals surface area (Å²) in [6.45, 7) is 19.1. The molecule has 1 fully saturated rings. The number of ether oxygens (including phenoxy) is 2. The first-order valence-corrected chi connectivity index (χ1v) is 21.4. The highest BCUT2D eigenvalue weighted by Gasteiger charge is 2.50. The molecule has 238 valence electrons. The molecule has 1 amide bonds. The van der Waals surface area contributed by atoms with Crippen LogP contribution >= 0.6 is 0 Å². The van der Waals surface area contributed by atoms with Gasteiger partial charge in [0.15, 0.2) is 28.3 Å². The molecular weight excluding hydrogens is 587 g/mol. The van der Waals surface area contributed by atoms with E-state index in [1.165, 1.54) is 4.90 Å². The van der Waals surface area contributed by atoms with Gasteiger partial charge in [-0.15, -0.1) is 0 Å². The highest BCUT2D eigenvalue weighted by molar-refractivity contribution is 6.74. The van der Waals surface area contributed by atoms with E-state index in [1.54, 1.807) is 19.2 Å². The number of carbonyl (C=O) groups excluding carboxylic acids is 1. The number of amides is 1. The highest BCUT2D eigenvalue weighted by Crippen LogP contribution is 2.43. The number of rotatable bonds is 10. The average Bonchev–Trinajstić information content (AvgIpc) is 2.91. The maximum absolute atomic E-state index is 15.5. The summed E-state index contributed by atoms with van der Waals surface area (Å²) >= 11 is 0. The molecule has 0 bridgehead atoms. The Labute approximate surface area is 257 Å². The fourth-order valence-corrected chi connectivity index (χ4v) is 8.41. The van der Waals surface area contributed by atoms with Gasteiger partial charge in [-0.05, 0) is 74.9 Å². The van der Waals surface area contributed by atoms with Crippen molar-refractivity contribution in [2.45, 2.75) is 96.1 Å². The van der Waals surface area contributed by atoms with Crippen molar-refractivity contribution in [3.63, 3.8) is 0 Å². The van der Waals surface area contributed by atoms with Crippen LogP contribution in [0.5, 0.6) is 11.5 Å². The predicted molar refractivity (Wildman–Crippen MR) is 171 cm³/mol. The molecule has 0 radical (unpaired) electrons. The quantitative estimate of drug-likeness (QED) is 0.290. The van der Waals surface area contributed by atoms with Crippen molar-refractivity contribution >= 4 is 28.2 Å². The third kappa shape index (κ3) is 7.50. The number of nitrogens with zero attached hydrogens (tertiary/aromatic N) is 1. The summed E-state index contributed by atoms with van der Waals surface area (Å²) in [7, 11) is -2.72. The van der Waals surface area contributed by atoms with Gasteiger partial charge in [0, 0.05) is 24.6 Å². The molecule has 1 N–H and O–H groups in total. The third-order valence-electron chi connectivity index (χ3n) is 8.78. The number of carbonyl (C=O) groups is 1. The van der Waals surface area contributed by atoms with Crippen molar-refractivity contribution in [3.8, 4) is 11.5 Å². The van der Waals surface area contributed by atoms with Crippen molar-refractivity contribution in [1.82, 2.24) is 5.32 Å². The molecule has 2 aliphatic heterocycles. The summed E-state index contributed by atoms with van der Waals surface area (Å²) in [5, 5.41) is 3.47. The van der Waals surface area contributed by atoms with E-state index in [9.17, 15) is 4.79 Å². The van der Waals surface area contributed by atoms with E-state index in [-0.39, 0.29) is 54.5 Å². The molecule has 4 rings (SSSR count). The zero-order valence-electron chi connectivity index (χ0n) is 27.2. The maximum Gasteiger partial charge on any atom is 0.227 e. The van der Waals surface area contributed by atoms with Gasteiger partial charge in [-0.25, -0.2) is 8.78 Å². The number of hydrogen-bond acceptors (Lipinski definition) is 6. The van der Waals surface area contributed by atoms with E-state index in [0.29, 0.717) is 24.3 Å². The molecular formula is C32H48F2N2O5Si2. The van der Waals surface area contributed by atoms with Crippen LogP contribution in [-0.2, 0) is 26.6 Å². The number of nitrogens with one attached hydrogen (secondary N) is 1. The number of fused-ring (bicyclic) bond motifs is 1. The summed E-state index contributed by atoms with van der Waals surface area (Å²) in [4.78, 5) is 14.4. The maximum atomic E-state index is 15.5. The summed E-state index contributed by atoms with van der Waals surface area (Å²) in [6.07, 6.45) is 0.808. The van der Waals surface area contributed by atoms with Crippen LogP contribution in [0.1, 0.15) is 44.7 Å². The summed E-state index contributed by atoms with van der Waals surface area (Å²) in [5.74, 6) is -1.45. The molecule has 11 heteroatoms. The Morgan fingerprint density at radius 3 is 2.35 bits per heavy atom. The van der Waals surface area contributed by atoms with E-state index >= 15 is 8.78 Å². The van der Waals surface area contributed by atoms with Gasteiger partial charge in [-0.3, -0.25) is 4.79 Å². The van der Waals surface area contributed by atoms with Crippen molar-refractivity contribution in [2.24, 2.45) is 0 Å². The van der Waals surface area contributed by atoms with Crippen LogP contribution in [-0.4, -0.2) is 61.1 Å². The van der Waals surface area contributed by atoms with Crippen molar-refractivity contribution in [3.05, 3.63) is 53.1 Å². The van der Waals surface area contributed by atoms with E-state index in [2.05, 4.69) is 58.8 Å². The summed E-state index contributed by atoms with van der Waals surface area (Å²) < 4.78 is 56.3. The molecule has 0 aromatic heterocycles.